The molecule has 4 nitrogen and oxygen atoms in total. The van der Waals surface area contributed by atoms with Gasteiger partial charge in [-0.1, -0.05) is 30.0 Å². The second kappa shape index (κ2) is 6.67. The number of ketones is 1. The van der Waals surface area contributed by atoms with Gasteiger partial charge in [-0.2, -0.15) is 5.26 Å². The summed E-state index contributed by atoms with van der Waals surface area (Å²) in [5.41, 5.74) is 2.30. The van der Waals surface area contributed by atoms with Crippen molar-refractivity contribution in [1.82, 2.24) is 9.55 Å². The van der Waals surface area contributed by atoms with Crippen LogP contribution in [0.15, 0.2) is 53.8 Å². The number of thioether (sulfide) groups is 1. The monoisotopic (exact) mass is 321 g/mol. The van der Waals surface area contributed by atoms with E-state index in [1.807, 2.05) is 30.5 Å². The van der Waals surface area contributed by atoms with Gasteiger partial charge in [-0.25, -0.2) is 4.98 Å². The van der Waals surface area contributed by atoms with Crippen molar-refractivity contribution in [3.8, 4) is 6.07 Å². The van der Waals surface area contributed by atoms with Crippen molar-refractivity contribution < 1.29 is 4.79 Å². The molecule has 0 radical (unpaired) electrons. The maximum absolute atomic E-state index is 12.6. The summed E-state index contributed by atoms with van der Waals surface area (Å²) < 4.78 is 2.08. The molecule has 3 aromatic rings. The van der Waals surface area contributed by atoms with E-state index in [4.69, 9.17) is 5.26 Å². The Morgan fingerprint density at radius 2 is 2.13 bits per heavy atom. The molecule has 0 amide bonds. The number of Topliss-reactive ketones (excluding diaryl/α,β-unsaturated/α-hetero) is 1. The lowest BCUT2D eigenvalue weighted by Crippen LogP contribution is -2.02. The largest absolute Gasteiger partial charge is 0.347 e. The van der Waals surface area contributed by atoms with Crippen LogP contribution >= 0.6 is 11.8 Å². The standard InChI is InChI=1S/C18H15N3OS/c1-2-21-11-15(14-7-3-4-8-16(14)21)17(22)12-23-18-13(10-19)6-5-9-20-18/h3-9,11H,2,12H2,1H3. The van der Waals surface area contributed by atoms with E-state index in [1.54, 1.807) is 18.3 Å². The molecule has 0 saturated heterocycles. The Kier molecular flexibility index (Phi) is 4.45. The number of hydrogen-bond acceptors (Lipinski definition) is 4. The topological polar surface area (TPSA) is 58.7 Å². The molecule has 114 valence electrons. The molecule has 0 atom stereocenters. The normalized spacial score (nSPS) is 10.6. The number of nitrogens with zero attached hydrogens (tertiary/aromatic N) is 3. The minimum Gasteiger partial charge on any atom is -0.347 e. The van der Waals surface area contributed by atoms with Crippen LogP contribution in [0.4, 0.5) is 0 Å². The van der Waals surface area contributed by atoms with Gasteiger partial charge in [-0.3, -0.25) is 4.79 Å². The van der Waals surface area contributed by atoms with E-state index in [2.05, 4.69) is 22.5 Å². The van der Waals surface area contributed by atoms with Crippen LogP contribution in [0.25, 0.3) is 10.9 Å². The summed E-state index contributed by atoms with van der Waals surface area (Å²) in [6.45, 7) is 2.88. The molecule has 0 aliphatic rings. The summed E-state index contributed by atoms with van der Waals surface area (Å²) in [5.74, 6) is 0.316. The summed E-state index contributed by atoms with van der Waals surface area (Å²) in [5, 5.41) is 10.7. The van der Waals surface area contributed by atoms with Crippen molar-refractivity contribution in [2.45, 2.75) is 18.5 Å². The van der Waals surface area contributed by atoms with Gasteiger partial charge < -0.3 is 4.57 Å². The third-order valence-electron chi connectivity index (χ3n) is 3.66. The van der Waals surface area contributed by atoms with Crippen LogP contribution < -0.4 is 0 Å². The van der Waals surface area contributed by atoms with Crippen molar-refractivity contribution >= 4 is 28.4 Å². The molecule has 1 aromatic carbocycles. The molecular weight excluding hydrogens is 306 g/mol. The van der Waals surface area contributed by atoms with E-state index in [9.17, 15) is 4.79 Å². The van der Waals surface area contributed by atoms with Crippen LogP contribution in [-0.4, -0.2) is 21.1 Å². The molecule has 23 heavy (non-hydrogen) atoms. The van der Waals surface area contributed by atoms with Crippen molar-refractivity contribution in [1.29, 1.82) is 5.26 Å². The van der Waals surface area contributed by atoms with E-state index in [0.29, 0.717) is 10.6 Å². The first-order valence-electron chi connectivity index (χ1n) is 7.33. The van der Waals surface area contributed by atoms with Crippen molar-refractivity contribution in [2.75, 3.05) is 5.75 Å². The number of rotatable bonds is 5. The highest BCUT2D eigenvalue weighted by Crippen LogP contribution is 2.25. The highest BCUT2D eigenvalue weighted by molar-refractivity contribution is 8.00. The first-order valence-corrected chi connectivity index (χ1v) is 8.32. The van der Waals surface area contributed by atoms with E-state index in [1.165, 1.54) is 11.8 Å². The summed E-state index contributed by atoms with van der Waals surface area (Å²) in [4.78, 5) is 16.8. The SMILES string of the molecule is CCn1cc(C(=O)CSc2ncccc2C#N)c2ccccc21. The summed E-state index contributed by atoms with van der Waals surface area (Å²) >= 11 is 1.31. The van der Waals surface area contributed by atoms with Gasteiger partial charge in [-0.05, 0) is 25.1 Å². The van der Waals surface area contributed by atoms with Crippen LogP contribution in [0.5, 0.6) is 0 Å². The predicted octanol–water partition coefficient (Wildman–Crippen LogP) is 3.90. The molecule has 0 aliphatic heterocycles. The van der Waals surface area contributed by atoms with Gasteiger partial charge in [0, 0.05) is 35.4 Å². The number of nitriles is 1. The van der Waals surface area contributed by atoms with Gasteiger partial charge in [0.25, 0.3) is 0 Å². The Morgan fingerprint density at radius 1 is 1.30 bits per heavy atom. The maximum atomic E-state index is 12.6. The molecule has 2 aromatic heterocycles. The fraction of sp³-hybridized carbons (Fsp3) is 0.167. The molecule has 0 saturated carbocycles. The van der Waals surface area contributed by atoms with E-state index in [0.717, 1.165) is 23.0 Å². The van der Waals surface area contributed by atoms with Gasteiger partial charge in [0.15, 0.2) is 5.78 Å². The zero-order chi connectivity index (χ0) is 16.2. The van der Waals surface area contributed by atoms with Gasteiger partial charge in [0.2, 0.25) is 0 Å². The van der Waals surface area contributed by atoms with Gasteiger partial charge >= 0.3 is 0 Å². The highest BCUT2D eigenvalue weighted by atomic mass is 32.2. The number of benzene rings is 1. The third kappa shape index (κ3) is 2.99. The molecular formula is C18H15N3OS. The average molecular weight is 321 g/mol. The minimum atomic E-state index is 0.0490. The van der Waals surface area contributed by atoms with Gasteiger partial charge in [-0.15, -0.1) is 0 Å². The third-order valence-corrected chi connectivity index (χ3v) is 4.67. The zero-order valence-electron chi connectivity index (χ0n) is 12.7. The minimum absolute atomic E-state index is 0.0490. The van der Waals surface area contributed by atoms with E-state index in [-0.39, 0.29) is 11.5 Å². The first-order chi connectivity index (χ1) is 11.2. The molecule has 0 unspecified atom stereocenters. The maximum Gasteiger partial charge on any atom is 0.175 e. The number of carbonyl (C=O) groups excluding carboxylic acids is 1. The number of hydrogen-bond donors (Lipinski definition) is 0. The Bertz CT molecular complexity index is 908. The number of pyridine rings is 1. The lowest BCUT2D eigenvalue weighted by molar-refractivity contribution is 0.102. The lowest BCUT2D eigenvalue weighted by Gasteiger charge is -2.01. The fourth-order valence-electron chi connectivity index (χ4n) is 2.53. The molecule has 0 aliphatic carbocycles. The van der Waals surface area contributed by atoms with E-state index < -0.39 is 0 Å². The Balaban J connectivity index is 1.86. The summed E-state index contributed by atoms with van der Waals surface area (Å²) in [7, 11) is 0. The molecule has 3 rings (SSSR count). The van der Waals surface area contributed by atoms with Crippen molar-refractivity contribution in [2.24, 2.45) is 0 Å². The fourth-order valence-corrected chi connectivity index (χ4v) is 3.36. The first kappa shape index (κ1) is 15.3. The molecule has 0 fully saturated rings. The van der Waals surface area contributed by atoms with Crippen molar-refractivity contribution in [3.63, 3.8) is 0 Å². The van der Waals surface area contributed by atoms with Crippen LogP contribution in [0.3, 0.4) is 0 Å². The average Bonchev–Trinajstić information content (AvgIpc) is 2.99. The van der Waals surface area contributed by atoms with Crippen LogP contribution in [-0.2, 0) is 6.54 Å². The second-order valence-corrected chi connectivity index (χ2v) is 5.99. The smallest absolute Gasteiger partial charge is 0.175 e. The van der Waals surface area contributed by atoms with Gasteiger partial charge in [0.1, 0.15) is 11.1 Å². The molecule has 2 heterocycles. The van der Waals surface area contributed by atoms with Crippen LogP contribution in [0.1, 0.15) is 22.8 Å². The summed E-state index contributed by atoms with van der Waals surface area (Å²) in [6.07, 6.45) is 3.55. The van der Waals surface area contributed by atoms with Crippen LogP contribution in [0.2, 0.25) is 0 Å². The lowest BCUT2D eigenvalue weighted by atomic mass is 10.1. The second-order valence-electron chi connectivity index (χ2n) is 5.03. The van der Waals surface area contributed by atoms with Gasteiger partial charge in [0.05, 0.1) is 11.3 Å². The Morgan fingerprint density at radius 3 is 2.91 bits per heavy atom. The van der Waals surface area contributed by atoms with Crippen molar-refractivity contribution in [3.05, 3.63) is 59.9 Å². The highest BCUT2D eigenvalue weighted by Gasteiger charge is 2.15. The zero-order valence-corrected chi connectivity index (χ0v) is 13.5. The number of para-hydroxylation sites is 1. The molecule has 5 heteroatoms. The van der Waals surface area contributed by atoms with E-state index >= 15 is 0 Å². The number of fused-ring (bicyclic) bond motifs is 1. The molecule has 0 bridgehead atoms. The number of carbonyl (C=O) groups is 1. The predicted molar refractivity (Wildman–Crippen MR) is 91.6 cm³/mol. The summed E-state index contributed by atoms with van der Waals surface area (Å²) in [6, 6.07) is 13.5. The van der Waals surface area contributed by atoms with Crippen LogP contribution in [0, 0.1) is 11.3 Å². The number of aromatic nitrogens is 2. The molecule has 0 spiro atoms. The Hall–Kier alpha value is -2.58. The quantitative estimate of drug-likeness (QED) is 0.528. The molecule has 0 N–H and O–H groups in total. The Labute approximate surface area is 138 Å². The number of aryl methyl sites for hydroxylation is 1.